The minimum Gasteiger partial charge on any atom is -0.497 e. The first-order valence-electron chi connectivity index (χ1n) is 5.67. The number of methoxy groups -OCH3 is 2. The van der Waals surface area contributed by atoms with Crippen LogP contribution in [0.25, 0.3) is 0 Å². The lowest BCUT2D eigenvalue weighted by Gasteiger charge is -2.19. The van der Waals surface area contributed by atoms with Gasteiger partial charge in [-0.25, -0.2) is 0 Å². The van der Waals surface area contributed by atoms with E-state index in [9.17, 15) is 0 Å². The molecule has 0 saturated heterocycles. The lowest BCUT2D eigenvalue weighted by molar-refractivity contribution is 0.0910. The summed E-state index contributed by atoms with van der Waals surface area (Å²) in [4.78, 5) is 0. The van der Waals surface area contributed by atoms with Gasteiger partial charge in [-0.15, -0.1) is 0 Å². The second kappa shape index (κ2) is 6.47. The lowest BCUT2D eigenvalue weighted by atomic mass is 10.1. The molecule has 0 aliphatic carbocycles. The number of nitrogens with two attached hydrogens (primary N) is 1. The molecular formula is C13H21NO3. The van der Waals surface area contributed by atoms with E-state index in [-0.39, 0.29) is 12.1 Å². The number of rotatable bonds is 6. The zero-order chi connectivity index (χ0) is 12.8. The van der Waals surface area contributed by atoms with Crippen molar-refractivity contribution in [2.45, 2.75) is 26.0 Å². The van der Waals surface area contributed by atoms with Crippen LogP contribution in [0.3, 0.4) is 0 Å². The summed E-state index contributed by atoms with van der Waals surface area (Å²) < 4.78 is 16.0. The highest BCUT2D eigenvalue weighted by Gasteiger charge is 2.12. The van der Waals surface area contributed by atoms with Gasteiger partial charge < -0.3 is 19.9 Å². The van der Waals surface area contributed by atoms with Gasteiger partial charge in [-0.1, -0.05) is 6.07 Å². The van der Waals surface area contributed by atoms with E-state index >= 15 is 0 Å². The van der Waals surface area contributed by atoms with E-state index in [2.05, 4.69) is 0 Å². The van der Waals surface area contributed by atoms with Gasteiger partial charge in [0.1, 0.15) is 17.6 Å². The summed E-state index contributed by atoms with van der Waals surface area (Å²) in [5.74, 6) is 1.51. The summed E-state index contributed by atoms with van der Waals surface area (Å²) in [6.45, 7) is 4.42. The van der Waals surface area contributed by atoms with E-state index < -0.39 is 0 Å². The molecule has 0 fully saturated rings. The van der Waals surface area contributed by atoms with E-state index in [1.807, 2.05) is 32.0 Å². The molecule has 0 spiro atoms. The first-order chi connectivity index (χ1) is 8.08. The Hall–Kier alpha value is -1.26. The molecule has 0 heterocycles. The van der Waals surface area contributed by atoms with E-state index in [1.165, 1.54) is 0 Å². The Balaban J connectivity index is 2.92. The van der Waals surface area contributed by atoms with Crippen LogP contribution in [-0.4, -0.2) is 26.9 Å². The number of ether oxygens (including phenoxy) is 3. The molecule has 4 heteroatoms. The van der Waals surface area contributed by atoms with Crippen LogP contribution in [0.15, 0.2) is 18.2 Å². The third kappa shape index (κ3) is 3.91. The van der Waals surface area contributed by atoms with Gasteiger partial charge in [0, 0.05) is 24.8 Å². The van der Waals surface area contributed by atoms with Gasteiger partial charge >= 0.3 is 0 Å². The molecule has 2 atom stereocenters. The average Bonchev–Trinajstić information content (AvgIpc) is 2.28. The molecule has 2 unspecified atom stereocenters. The van der Waals surface area contributed by atoms with Crippen molar-refractivity contribution >= 4 is 0 Å². The first kappa shape index (κ1) is 13.8. The molecule has 0 aliphatic rings. The highest BCUT2D eigenvalue weighted by atomic mass is 16.5. The zero-order valence-electron chi connectivity index (χ0n) is 10.9. The third-order valence-electron chi connectivity index (χ3n) is 2.44. The highest BCUT2D eigenvalue weighted by Crippen LogP contribution is 2.29. The van der Waals surface area contributed by atoms with E-state index in [0.717, 1.165) is 17.1 Å². The normalized spacial score (nSPS) is 14.2. The predicted octanol–water partition coefficient (Wildman–Crippen LogP) is 2.13. The molecule has 0 aliphatic heterocycles. The van der Waals surface area contributed by atoms with Crippen molar-refractivity contribution in [3.63, 3.8) is 0 Å². The van der Waals surface area contributed by atoms with Crippen LogP contribution in [-0.2, 0) is 4.74 Å². The summed E-state index contributed by atoms with van der Waals surface area (Å²) in [5, 5.41) is 0. The Morgan fingerprint density at radius 2 is 1.94 bits per heavy atom. The number of hydrogen-bond donors (Lipinski definition) is 1. The Labute approximate surface area is 103 Å². The molecule has 0 aromatic heterocycles. The molecule has 1 aromatic rings. The average molecular weight is 239 g/mol. The fourth-order valence-electron chi connectivity index (χ4n) is 1.61. The molecule has 0 saturated carbocycles. The van der Waals surface area contributed by atoms with Gasteiger partial charge in [0.2, 0.25) is 0 Å². The largest absolute Gasteiger partial charge is 0.497 e. The summed E-state index contributed by atoms with van der Waals surface area (Å²) in [6, 6.07) is 5.58. The molecule has 0 radical (unpaired) electrons. The van der Waals surface area contributed by atoms with Gasteiger partial charge in [0.25, 0.3) is 0 Å². The van der Waals surface area contributed by atoms with Crippen molar-refractivity contribution in [1.29, 1.82) is 0 Å². The van der Waals surface area contributed by atoms with Crippen molar-refractivity contribution in [3.05, 3.63) is 23.8 Å². The SMILES string of the molecule is COCC(C)Oc1cc(OC)ccc1C(C)N. The Morgan fingerprint density at radius 3 is 2.47 bits per heavy atom. The Kier molecular flexibility index (Phi) is 5.25. The molecule has 1 aromatic carbocycles. The number of benzene rings is 1. The minimum absolute atomic E-state index is 0.0235. The molecular weight excluding hydrogens is 218 g/mol. The molecule has 96 valence electrons. The second-order valence-electron chi connectivity index (χ2n) is 4.08. The van der Waals surface area contributed by atoms with Crippen LogP contribution >= 0.6 is 0 Å². The lowest BCUT2D eigenvalue weighted by Crippen LogP contribution is -2.19. The third-order valence-corrected chi connectivity index (χ3v) is 2.44. The monoisotopic (exact) mass is 239 g/mol. The first-order valence-corrected chi connectivity index (χ1v) is 5.67. The van der Waals surface area contributed by atoms with Crippen molar-refractivity contribution in [1.82, 2.24) is 0 Å². The van der Waals surface area contributed by atoms with Crippen LogP contribution in [0.1, 0.15) is 25.5 Å². The van der Waals surface area contributed by atoms with Crippen LogP contribution in [0.4, 0.5) is 0 Å². The fraction of sp³-hybridized carbons (Fsp3) is 0.538. The Morgan fingerprint density at radius 1 is 1.24 bits per heavy atom. The van der Waals surface area contributed by atoms with Crippen LogP contribution < -0.4 is 15.2 Å². The standard InChI is InChI=1S/C13H21NO3/c1-9(8-15-3)17-13-7-11(16-4)5-6-12(13)10(2)14/h5-7,9-10H,8,14H2,1-4H3. The molecule has 4 nitrogen and oxygen atoms in total. The van der Waals surface area contributed by atoms with Crippen molar-refractivity contribution in [2.75, 3.05) is 20.8 Å². The minimum atomic E-state index is -0.0781. The van der Waals surface area contributed by atoms with Crippen molar-refractivity contribution < 1.29 is 14.2 Å². The highest BCUT2D eigenvalue weighted by molar-refractivity contribution is 5.42. The summed E-state index contributed by atoms with van der Waals surface area (Å²) in [6.07, 6.45) is -0.0235. The van der Waals surface area contributed by atoms with Gasteiger partial charge in [0.15, 0.2) is 0 Å². The van der Waals surface area contributed by atoms with Gasteiger partial charge in [-0.05, 0) is 19.9 Å². The number of hydrogen-bond acceptors (Lipinski definition) is 4. The molecule has 0 amide bonds. The van der Waals surface area contributed by atoms with Gasteiger partial charge in [0.05, 0.1) is 13.7 Å². The van der Waals surface area contributed by atoms with Gasteiger partial charge in [-0.3, -0.25) is 0 Å². The maximum atomic E-state index is 5.90. The van der Waals surface area contributed by atoms with E-state index in [1.54, 1.807) is 14.2 Å². The van der Waals surface area contributed by atoms with Crippen LogP contribution in [0.2, 0.25) is 0 Å². The summed E-state index contributed by atoms with van der Waals surface area (Å²) in [5.41, 5.74) is 6.87. The summed E-state index contributed by atoms with van der Waals surface area (Å²) in [7, 11) is 3.28. The predicted molar refractivity (Wildman–Crippen MR) is 67.6 cm³/mol. The zero-order valence-corrected chi connectivity index (χ0v) is 10.9. The topological polar surface area (TPSA) is 53.7 Å². The molecule has 2 N–H and O–H groups in total. The molecule has 1 rings (SSSR count). The summed E-state index contributed by atoms with van der Waals surface area (Å²) >= 11 is 0. The Bertz CT molecular complexity index is 353. The van der Waals surface area contributed by atoms with Gasteiger partial charge in [-0.2, -0.15) is 0 Å². The van der Waals surface area contributed by atoms with Crippen LogP contribution in [0.5, 0.6) is 11.5 Å². The quantitative estimate of drug-likeness (QED) is 0.826. The maximum absolute atomic E-state index is 5.90. The maximum Gasteiger partial charge on any atom is 0.128 e. The molecule has 0 bridgehead atoms. The van der Waals surface area contributed by atoms with E-state index in [4.69, 9.17) is 19.9 Å². The van der Waals surface area contributed by atoms with E-state index in [0.29, 0.717) is 6.61 Å². The van der Waals surface area contributed by atoms with Crippen molar-refractivity contribution in [2.24, 2.45) is 5.73 Å². The van der Waals surface area contributed by atoms with Crippen molar-refractivity contribution in [3.8, 4) is 11.5 Å². The van der Waals surface area contributed by atoms with Crippen LogP contribution in [0, 0.1) is 0 Å². The second-order valence-corrected chi connectivity index (χ2v) is 4.08. The smallest absolute Gasteiger partial charge is 0.128 e. The molecule has 17 heavy (non-hydrogen) atoms. The fourth-order valence-corrected chi connectivity index (χ4v) is 1.61.